The minimum Gasteiger partial charge on any atom is -0.484 e. The molecule has 0 saturated carbocycles. The third-order valence-corrected chi connectivity index (χ3v) is 5.33. The minimum absolute atomic E-state index is 0.117. The molecule has 0 saturated heterocycles. The van der Waals surface area contributed by atoms with Gasteiger partial charge in [0, 0.05) is 17.3 Å². The maximum atomic E-state index is 12.2. The van der Waals surface area contributed by atoms with Crippen molar-refractivity contribution in [3.05, 3.63) is 101 Å². The number of amides is 1. The van der Waals surface area contributed by atoms with E-state index >= 15 is 0 Å². The molecule has 6 heteroatoms. The lowest BCUT2D eigenvalue weighted by atomic mass is 10.1. The standard InChI is InChI=1S/C27H26N4O2/c1-19-9-12-22(13-10-19)27-23(17-31(30-27)24-7-5-4-6-8-24)16-28-29-26(32)18-33-25-14-11-20(2)21(3)15-25/h4-17H,18H2,1-3H3,(H,29,32)/b28-16+. The van der Waals surface area contributed by atoms with E-state index in [1.807, 2.05) is 99.8 Å². The lowest BCUT2D eigenvalue weighted by molar-refractivity contribution is -0.123. The van der Waals surface area contributed by atoms with Crippen LogP contribution in [0.1, 0.15) is 22.3 Å². The SMILES string of the molecule is Cc1ccc(-c2nn(-c3ccccc3)cc2/C=N/NC(=O)COc2ccc(C)c(C)c2)cc1. The molecule has 0 fully saturated rings. The number of para-hydroxylation sites is 1. The number of hydrogen-bond donors (Lipinski definition) is 1. The van der Waals surface area contributed by atoms with Gasteiger partial charge in [-0.15, -0.1) is 0 Å². The fraction of sp³-hybridized carbons (Fsp3) is 0.148. The molecule has 0 radical (unpaired) electrons. The van der Waals surface area contributed by atoms with Crippen molar-refractivity contribution >= 4 is 12.1 Å². The predicted molar refractivity (Wildman–Crippen MR) is 131 cm³/mol. The summed E-state index contributed by atoms with van der Waals surface area (Å²) in [6.45, 7) is 5.97. The highest BCUT2D eigenvalue weighted by molar-refractivity contribution is 5.89. The lowest BCUT2D eigenvalue weighted by Gasteiger charge is -2.07. The first kappa shape index (κ1) is 22.0. The van der Waals surface area contributed by atoms with Gasteiger partial charge < -0.3 is 4.74 Å². The molecule has 0 aliphatic carbocycles. The Bertz CT molecular complexity index is 1280. The van der Waals surface area contributed by atoms with Crippen molar-refractivity contribution < 1.29 is 9.53 Å². The summed E-state index contributed by atoms with van der Waals surface area (Å²) < 4.78 is 7.38. The number of hydrazone groups is 1. The van der Waals surface area contributed by atoms with Crippen LogP contribution >= 0.6 is 0 Å². The zero-order chi connectivity index (χ0) is 23.2. The molecule has 0 bridgehead atoms. The summed E-state index contributed by atoms with van der Waals surface area (Å²) in [4.78, 5) is 12.2. The molecule has 1 N–H and O–H groups in total. The first-order chi connectivity index (χ1) is 16.0. The minimum atomic E-state index is -0.336. The van der Waals surface area contributed by atoms with Crippen LogP contribution in [0.3, 0.4) is 0 Å². The molecule has 33 heavy (non-hydrogen) atoms. The maximum Gasteiger partial charge on any atom is 0.277 e. The van der Waals surface area contributed by atoms with Crippen LogP contribution in [0.5, 0.6) is 5.75 Å². The van der Waals surface area contributed by atoms with Crippen molar-refractivity contribution in [3.8, 4) is 22.7 Å². The number of benzene rings is 3. The zero-order valence-electron chi connectivity index (χ0n) is 18.9. The lowest BCUT2D eigenvalue weighted by Crippen LogP contribution is -2.24. The number of hydrogen-bond acceptors (Lipinski definition) is 4. The number of ether oxygens (including phenoxy) is 1. The molecule has 1 heterocycles. The van der Waals surface area contributed by atoms with Crippen molar-refractivity contribution in [2.75, 3.05) is 6.61 Å². The number of rotatable bonds is 7. The summed E-state index contributed by atoms with van der Waals surface area (Å²) in [5, 5.41) is 8.90. The molecule has 0 aliphatic rings. The van der Waals surface area contributed by atoms with E-state index in [1.54, 1.807) is 10.9 Å². The number of aromatic nitrogens is 2. The highest BCUT2D eigenvalue weighted by Gasteiger charge is 2.11. The molecule has 1 amide bonds. The van der Waals surface area contributed by atoms with E-state index in [2.05, 4.69) is 10.5 Å². The number of aryl methyl sites for hydroxylation is 3. The number of carbonyl (C=O) groups excluding carboxylic acids is 1. The zero-order valence-corrected chi connectivity index (χ0v) is 18.9. The van der Waals surface area contributed by atoms with Crippen LogP contribution in [0, 0.1) is 20.8 Å². The van der Waals surface area contributed by atoms with Gasteiger partial charge in [-0.1, -0.05) is 54.1 Å². The van der Waals surface area contributed by atoms with Gasteiger partial charge in [-0.25, -0.2) is 10.1 Å². The molecule has 166 valence electrons. The van der Waals surface area contributed by atoms with Crippen LogP contribution in [0.4, 0.5) is 0 Å². The normalized spacial score (nSPS) is 11.0. The monoisotopic (exact) mass is 438 g/mol. The highest BCUT2D eigenvalue weighted by Crippen LogP contribution is 2.23. The fourth-order valence-corrected chi connectivity index (χ4v) is 3.29. The molecule has 1 aromatic heterocycles. The van der Waals surface area contributed by atoms with Crippen LogP contribution in [-0.4, -0.2) is 28.5 Å². The van der Waals surface area contributed by atoms with E-state index in [0.717, 1.165) is 28.1 Å². The Morgan fingerprint density at radius 3 is 2.48 bits per heavy atom. The summed E-state index contributed by atoms with van der Waals surface area (Å²) >= 11 is 0. The van der Waals surface area contributed by atoms with E-state index in [9.17, 15) is 4.79 Å². The van der Waals surface area contributed by atoms with Gasteiger partial charge in [0.15, 0.2) is 6.61 Å². The Hall–Kier alpha value is -4.19. The molecular formula is C27H26N4O2. The molecular weight excluding hydrogens is 412 g/mol. The Kier molecular flexibility index (Phi) is 6.64. The van der Waals surface area contributed by atoms with Gasteiger partial charge in [0.1, 0.15) is 11.4 Å². The summed E-state index contributed by atoms with van der Waals surface area (Å²) in [6.07, 6.45) is 3.50. The van der Waals surface area contributed by atoms with E-state index in [4.69, 9.17) is 9.84 Å². The summed E-state index contributed by atoms with van der Waals surface area (Å²) in [5.74, 6) is 0.319. The van der Waals surface area contributed by atoms with Gasteiger partial charge in [-0.2, -0.15) is 10.2 Å². The molecule has 0 atom stereocenters. The van der Waals surface area contributed by atoms with Gasteiger partial charge >= 0.3 is 0 Å². The van der Waals surface area contributed by atoms with Crippen molar-refractivity contribution in [3.63, 3.8) is 0 Å². The van der Waals surface area contributed by atoms with E-state index in [0.29, 0.717) is 5.75 Å². The Balaban J connectivity index is 1.48. The first-order valence-electron chi connectivity index (χ1n) is 10.7. The molecule has 4 rings (SSSR count). The first-order valence-corrected chi connectivity index (χ1v) is 10.7. The third-order valence-electron chi connectivity index (χ3n) is 5.33. The second-order valence-corrected chi connectivity index (χ2v) is 7.91. The second-order valence-electron chi connectivity index (χ2n) is 7.91. The van der Waals surface area contributed by atoms with E-state index in [-0.39, 0.29) is 12.5 Å². The number of nitrogens with zero attached hydrogens (tertiary/aromatic N) is 3. The molecule has 0 spiro atoms. The Morgan fingerprint density at radius 2 is 1.76 bits per heavy atom. The van der Waals surface area contributed by atoms with Gasteiger partial charge in [-0.3, -0.25) is 4.79 Å². The Labute approximate surface area is 193 Å². The van der Waals surface area contributed by atoms with Gasteiger partial charge in [-0.05, 0) is 56.2 Å². The average Bonchev–Trinajstić information content (AvgIpc) is 3.25. The van der Waals surface area contributed by atoms with E-state index in [1.165, 1.54) is 11.1 Å². The number of carbonyl (C=O) groups is 1. The van der Waals surface area contributed by atoms with E-state index < -0.39 is 0 Å². The van der Waals surface area contributed by atoms with Crippen molar-refractivity contribution in [2.45, 2.75) is 20.8 Å². The Morgan fingerprint density at radius 1 is 1.00 bits per heavy atom. The van der Waals surface area contributed by atoms with Crippen LogP contribution in [0.25, 0.3) is 16.9 Å². The summed E-state index contributed by atoms with van der Waals surface area (Å²) in [6, 6.07) is 23.7. The van der Waals surface area contributed by atoms with Crippen molar-refractivity contribution in [1.82, 2.24) is 15.2 Å². The molecule has 0 aliphatic heterocycles. The molecule has 6 nitrogen and oxygen atoms in total. The molecule has 4 aromatic rings. The smallest absolute Gasteiger partial charge is 0.277 e. The fourth-order valence-electron chi connectivity index (χ4n) is 3.29. The van der Waals surface area contributed by atoms with Crippen molar-refractivity contribution in [2.24, 2.45) is 5.10 Å². The van der Waals surface area contributed by atoms with Gasteiger partial charge in [0.25, 0.3) is 5.91 Å². The van der Waals surface area contributed by atoms with Crippen molar-refractivity contribution in [1.29, 1.82) is 0 Å². The van der Waals surface area contributed by atoms with Crippen LogP contribution in [0.2, 0.25) is 0 Å². The number of nitrogens with one attached hydrogen (secondary N) is 1. The third kappa shape index (κ3) is 5.54. The molecule has 0 unspecified atom stereocenters. The van der Waals surface area contributed by atoms with Crippen LogP contribution in [-0.2, 0) is 4.79 Å². The van der Waals surface area contributed by atoms with Crippen LogP contribution in [0.15, 0.2) is 84.1 Å². The maximum absolute atomic E-state index is 12.2. The second kappa shape index (κ2) is 9.96. The highest BCUT2D eigenvalue weighted by atomic mass is 16.5. The predicted octanol–water partition coefficient (Wildman–Crippen LogP) is 4.99. The largest absolute Gasteiger partial charge is 0.484 e. The van der Waals surface area contributed by atoms with Crippen LogP contribution < -0.4 is 10.2 Å². The quantitative estimate of drug-likeness (QED) is 0.326. The summed E-state index contributed by atoms with van der Waals surface area (Å²) in [7, 11) is 0. The molecule has 3 aromatic carbocycles. The topological polar surface area (TPSA) is 68.5 Å². The average molecular weight is 439 g/mol. The van der Waals surface area contributed by atoms with Gasteiger partial charge in [0.05, 0.1) is 11.9 Å². The summed E-state index contributed by atoms with van der Waals surface area (Å²) in [5.41, 5.74) is 9.48. The van der Waals surface area contributed by atoms with Gasteiger partial charge in [0.2, 0.25) is 0 Å².